The number of para-hydroxylation sites is 1. The summed E-state index contributed by atoms with van der Waals surface area (Å²) < 4.78 is 0. The number of halogens is 1. The first-order chi connectivity index (χ1) is 8.66. The number of amides is 2. The molecule has 5 heteroatoms. The van der Waals surface area contributed by atoms with E-state index in [0.717, 1.165) is 25.7 Å². The number of carbonyl (C=O) groups is 2. The monoisotopic (exact) mass is 266 g/mol. The van der Waals surface area contributed by atoms with E-state index in [9.17, 15) is 9.59 Å². The number of benzene rings is 1. The van der Waals surface area contributed by atoms with E-state index < -0.39 is 11.8 Å². The Morgan fingerprint density at radius 2 is 1.78 bits per heavy atom. The molecule has 1 aliphatic rings. The fourth-order valence-electron chi connectivity index (χ4n) is 2.06. The molecule has 0 bridgehead atoms. The first kappa shape index (κ1) is 12.9. The predicted octanol–water partition coefficient (Wildman–Crippen LogP) is 2.34. The van der Waals surface area contributed by atoms with Crippen LogP contribution in [-0.4, -0.2) is 17.9 Å². The summed E-state index contributed by atoms with van der Waals surface area (Å²) in [5.41, 5.74) is 0.450. The summed E-state index contributed by atoms with van der Waals surface area (Å²) in [7, 11) is 0. The average Bonchev–Trinajstić information content (AvgIpc) is 2.84. The van der Waals surface area contributed by atoms with Gasteiger partial charge in [-0.3, -0.25) is 9.59 Å². The van der Waals surface area contributed by atoms with Crippen LogP contribution in [0, 0.1) is 0 Å². The van der Waals surface area contributed by atoms with Crippen LogP contribution in [0.4, 0.5) is 5.69 Å². The maximum Gasteiger partial charge on any atom is 0.313 e. The van der Waals surface area contributed by atoms with Gasteiger partial charge >= 0.3 is 11.8 Å². The van der Waals surface area contributed by atoms with Gasteiger partial charge in [-0.2, -0.15) is 0 Å². The van der Waals surface area contributed by atoms with Gasteiger partial charge in [-0.1, -0.05) is 36.6 Å². The molecule has 2 amide bonds. The minimum atomic E-state index is -0.671. The fourth-order valence-corrected chi connectivity index (χ4v) is 2.25. The van der Waals surface area contributed by atoms with Crippen molar-refractivity contribution in [2.24, 2.45) is 0 Å². The molecule has 96 valence electrons. The van der Waals surface area contributed by atoms with E-state index in [0.29, 0.717) is 10.7 Å². The highest BCUT2D eigenvalue weighted by Gasteiger charge is 2.21. The molecule has 0 radical (unpaired) electrons. The minimum Gasteiger partial charge on any atom is -0.345 e. The van der Waals surface area contributed by atoms with Crippen molar-refractivity contribution in [2.75, 3.05) is 5.32 Å². The zero-order valence-electron chi connectivity index (χ0n) is 9.91. The van der Waals surface area contributed by atoms with E-state index in [1.54, 1.807) is 24.3 Å². The van der Waals surface area contributed by atoms with Gasteiger partial charge < -0.3 is 10.6 Å². The summed E-state index contributed by atoms with van der Waals surface area (Å²) in [6, 6.07) is 6.96. The summed E-state index contributed by atoms with van der Waals surface area (Å²) in [4.78, 5) is 23.3. The molecule has 1 saturated carbocycles. The maximum absolute atomic E-state index is 11.7. The molecule has 1 aromatic rings. The van der Waals surface area contributed by atoms with Crippen molar-refractivity contribution in [3.8, 4) is 0 Å². The second kappa shape index (κ2) is 5.87. The van der Waals surface area contributed by atoms with E-state index in [1.165, 1.54) is 0 Å². The fraction of sp³-hybridized carbons (Fsp3) is 0.385. The van der Waals surface area contributed by atoms with Crippen molar-refractivity contribution >= 4 is 29.1 Å². The molecule has 0 saturated heterocycles. The Kier molecular flexibility index (Phi) is 4.20. The van der Waals surface area contributed by atoms with Crippen LogP contribution in [0.1, 0.15) is 25.7 Å². The summed E-state index contributed by atoms with van der Waals surface area (Å²) in [5.74, 6) is -1.27. The standard InChI is InChI=1S/C13H15ClN2O2/c14-10-7-3-4-8-11(10)16-13(18)12(17)15-9-5-1-2-6-9/h3-4,7-9H,1-2,5-6H2,(H,15,17)(H,16,18). The van der Waals surface area contributed by atoms with E-state index >= 15 is 0 Å². The lowest BCUT2D eigenvalue weighted by Gasteiger charge is -2.12. The van der Waals surface area contributed by atoms with Crippen molar-refractivity contribution < 1.29 is 9.59 Å². The molecule has 18 heavy (non-hydrogen) atoms. The van der Waals surface area contributed by atoms with E-state index in [4.69, 9.17) is 11.6 Å². The zero-order valence-corrected chi connectivity index (χ0v) is 10.7. The lowest BCUT2D eigenvalue weighted by molar-refractivity contribution is -0.136. The highest BCUT2D eigenvalue weighted by molar-refractivity contribution is 6.41. The van der Waals surface area contributed by atoms with Crippen molar-refractivity contribution in [2.45, 2.75) is 31.7 Å². The molecule has 0 aliphatic heterocycles. The largest absolute Gasteiger partial charge is 0.345 e. The lowest BCUT2D eigenvalue weighted by Crippen LogP contribution is -2.40. The van der Waals surface area contributed by atoms with Crippen LogP contribution in [0.3, 0.4) is 0 Å². The van der Waals surface area contributed by atoms with Gasteiger partial charge in [0.2, 0.25) is 0 Å². The van der Waals surface area contributed by atoms with Crippen LogP contribution in [0.2, 0.25) is 5.02 Å². The molecule has 4 nitrogen and oxygen atoms in total. The first-order valence-electron chi connectivity index (χ1n) is 6.03. The molecule has 0 heterocycles. The molecule has 0 unspecified atom stereocenters. The van der Waals surface area contributed by atoms with E-state index in [1.807, 2.05) is 0 Å². The smallest absolute Gasteiger partial charge is 0.313 e. The van der Waals surface area contributed by atoms with Gasteiger partial charge in [0.15, 0.2) is 0 Å². The highest BCUT2D eigenvalue weighted by atomic mass is 35.5. The summed E-state index contributed by atoms with van der Waals surface area (Å²) in [6.07, 6.45) is 4.12. The van der Waals surface area contributed by atoms with Crippen LogP contribution >= 0.6 is 11.6 Å². The van der Waals surface area contributed by atoms with Crippen molar-refractivity contribution in [3.63, 3.8) is 0 Å². The third-order valence-corrected chi connectivity index (χ3v) is 3.35. The average molecular weight is 267 g/mol. The van der Waals surface area contributed by atoms with Gasteiger partial charge in [0.05, 0.1) is 10.7 Å². The van der Waals surface area contributed by atoms with Crippen LogP contribution in [-0.2, 0) is 9.59 Å². The van der Waals surface area contributed by atoms with E-state index in [-0.39, 0.29) is 6.04 Å². The number of anilines is 1. The van der Waals surface area contributed by atoms with Crippen LogP contribution < -0.4 is 10.6 Å². The number of hydrogen-bond donors (Lipinski definition) is 2. The van der Waals surface area contributed by atoms with Crippen LogP contribution in [0.15, 0.2) is 24.3 Å². The number of carbonyl (C=O) groups excluding carboxylic acids is 2. The molecular formula is C13H15ClN2O2. The van der Waals surface area contributed by atoms with Gasteiger partial charge in [0.1, 0.15) is 0 Å². The third-order valence-electron chi connectivity index (χ3n) is 3.02. The number of rotatable bonds is 2. The number of hydrogen-bond acceptors (Lipinski definition) is 2. The summed E-state index contributed by atoms with van der Waals surface area (Å²) >= 11 is 5.90. The quantitative estimate of drug-likeness (QED) is 0.807. The Morgan fingerprint density at radius 3 is 2.44 bits per heavy atom. The van der Waals surface area contributed by atoms with Gasteiger partial charge in [0.25, 0.3) is 0 Å². The first-order valence-corrected chi connectivity index (χ1v) is 6.41. The van der Waals surface area contributed by atoms with Crippen LogP contribution in [0.25, 0.3) is 0 Å². The zero-order chi connectivity index (χ0) is 13.0. The molecule has 1 fully saturated rings. The van der Waals surface area contributed by atoms with Crippen LogP contribution in [0.5, 0.6) is 0 Å². The van der Waals surface area contributed by atoms with Crippen molar-refractivity contribution in [1.29, 1.82) is 0 Å². The topological polar surface area (TPSA) is 58.2 Å². The Morgan fingerprint density at radius 1 is 1.11 bits per heavy atom. The maximum atomic E-state index is 11.7. The molecule has 1 aliphatic carbocycles. The Balaban J connectivity index is 1.91. The predicted molar refractivity (Wildman–Crippen MR) is 70.5 cm³/mol. The van der Waals surface area contributed by atoms with Gasteiger partial charge in [0, 0.05) is 6.04 Å². The minimum absolute atomic E-state index is 0.134. The second-order valence-corrected chi connectivity index (χ2v) is 4.80. The van der Waals surface area contributed by atoms with Gasteiger partial charge in [-0.25, -0.2) is 0 Å². The Bertz CT molecular complexity index is 456. The molecule has 1 aromatic carbocycles. The van der Waals surface area contributed by atoms with Crippen molar-refractivity contribution in [3.05, 3.63) is 29.3 Å². The second-order valence-electron chi connectivity index (χ2n) is 4.39. The Hall–Kier alpha value is -1.55. The molecule has 0 atom stereocenters. The molecule has 2 rings (SSSR count). The van der Waals surface area contributed by atoms with E-state index in [2.05, 4.69) is 10.6 Å². The molecular weight excluding hydrogens is 252 g/mol. The Labute approximate surface area is 111 Å². The normalized spacial score (nSPS) is 15.4. The lowest BCUT2D eigenvalue weighted by atomic mass is 10.2. The third kappa shape index (κ3) is 3.23. The van der Waals surface area contributed by atoms with Crippen molar-refractivity contribution in [1.82, 2.24) is 5.32 Å². The number of nitrogens with one attached hydrogen (secondary N) is 2. The molecule has 0 aromatic heterocycles. The van der Waals surface area contributed by atoms with Gasteiger partial charge in [-0.05, 0) is 25.0 Å². The summed E-state index contributed by atoms with van der Waals surface area (Å²) in [5, 5.41) is 5.64. The molecule has 0 spiro atoms. The van der Waals surface area contributed by atoms with Gasteiger partial charge in [-0.15, -0.1) is 0 Å². The SMILES string of the molecule is O=C(Nc1ccccc1Cl)C(=O)NC1CCCC1. The summed E-state index contributed by atoms with van der Waals surface area (Å²) in [6.45, 7) is 0. The molecule has 2 N–H and O–H groups in total. The highest BCUT2D eigenvalue weighted by Crippen LogP contribution is 2.20.